The van der Waals surface area contributed by atoms with Crippen LogP contribution in [0.25, 0.3) is 11.3 Å². The molecule has 3 heterocycles. The summed E-state index contributed by atoms with van der Waals surface area (Å²) in [6, 6.07) is 3.69. The van der Waals surface area contributed by atoms with Crippen molar-refractivity contribution in [3.8, 4) is 17.0 Å². The highest BCUT2D eigenvalue weighted by Gasteiger charge is 2.36. The zero-order valence-corrected chi connectivity index (χ0v) is 11.1. The van der Waals surface area contributed by atoms with Crippen molar-refractivity contribution in [2.45, 2.75) is 19.4 Å². The summed E-state index contributed by atoms with van der Waals surface area (Å²) in [5.74, 6) is 0.278. The first-order valence-corrected chi connectivity index (χ1v) is 6.05. The summed E-state index contributed by atoms with van der Waals surface area (Å²) in [4.78, 5) is 15.6. The van der Waals surface area contributed by atoms with Crippen LogP contribution in [0.2, 0.25) is 0 Å². The van der Waals surface area contributed by atoms with Gasteiger partial charge in [-0.3, -0.25) is 9.78 Å². The smallest absolute Gasteiger partial charge is 0.265 e. The van der Waals surface area contributed by atoms with E-state index < -0.39 is 11.5 Å². The fourth-order valence-electron chi connectivity index (χ4n) is 2.61. The van der Waals surface area contributed by atoms with Crippen molar-refractivity contribution in [3.05, 3.63) is 35.8 Å². The lowest BCUT2D eigenvalue weighted by atomic mass is 9.92. The summed E-state index contributed by atoms with van der Waals surface area (Å²) in [6.45, 7) is 3.93. The summed E-state index contributed by atoms with van der Waals surface area (Å²) < 4.78 is 7.79. The van der Waals surface area contributed by atoms with E-state index in [1.54, 1.807) is 18.5 Å². The van der Waals surface area contributed by atoms with E-state index in [4.69, 9.17) is 10.5 Å². The quantitative estimate of drug-likeness (QED) is 0.847. The van der Waals surface area contributed by atoms with E-state index in [1.807, 2.05) is 31.5 Å². The number of nitrogens with two attached hydrogens (primary N) is 1. The second kappa shape index (κ2) is 3.60. The van der Waals surface area contributed by atoms with Gasteiger partial charge in [-0.15, -0.1) is 0 Å². The average Bonchev–Trinajstić information content (AvgIpc) is 2.68. The molecule has 0 saturated heterocycles. The van der Waals surface area contributed by atoms with Crippen LogP contribution >= 0.6 is 0 Å². The average molecular weight is 257 g/mol. The number of nitrogens with zero attached hydrogens (tertiary/aromatic N) is 2. The molecule has 2 aromatic rings. The molecule has 19 heavy (non-hydrogen) atoms. The first-order chi connectivity index (χ1) is 8.92. The number of rotatable bonds is 1. The molecule has 2 N–H and O–H groups in total. The highest BCUT2D eigenvalue weighted by Crippen LogP contribution is 2.45. The lowest BCUT2D eigenvalue weighted by Crippen LogP contribution is -2.29. The molecule has 0 fully saturated rings. The standard InChI is InChI=1S/C14H15N3O2/c1-14(2)9-6-10(13(15)18)17(3)12(9)8-4-5-16-7-11(8)19-14/h4-7H,1-3H3,(H2,15,18). The molecule has 3 rings (SSSR count). The molecule has 0 spiro atoms. The van der Waals surface area contributed by atoms with Crippen molar-refractivity contribution in [1.82, 2.24) is 9.55 Å². The summed E-state index contributed by atoms with van der Waals surface area (Å²) in [5, 5.41) is 0. The minimum absolute atomic E-state index is 0.441. The lowest BCUT2D eigenvalue weighted by Gasteiger charge is -2.33. The molecular formula is C14H15N3O2. The molecule has 0 radical (unpaired) electrons. The second-order valence-electron chi connectivity index (χ2n) is 5.20. The molecule has 5 nitrogen and oxygen atoms in total. The van der Waals surface area contributed by atoms with Crippen LogP contribution < -0.4 is 10.5 Å². The Morgan fingerprint density at radius 3 is 2.89 bits per heavy atom. The van der Waals surface area contributed by atoms with E-state index in [9.17, 15) is 4.79 Å². The van der Waals surface area contributed by atoms with Gasteiger partial charge in [0, 0.05) is 24.4 Å². The van der Waals surface area contributed by atoms with Crippen molar-refractivity contribution in [2.24, 2.45) is 12.8 Å². The number of carbonyl (C=O) groups is 1. The number of pyridine rings is 1. The Kier molecular flexibility index (Phi) is 2.23. The Morgan fingerprint density at radius 1 is 1.47 bits per heavy atom. The Labute approximate surface area is 111 Å². The molecule has 1 aliphatic heterocycles. The van der Waals surface area contributed by atoms with Crippen molar-refractivity contribution < 1.29 is 9.53 Å². The summed E-state index contributed by atoms with van der Waals surface area (Å²) in [7, 11) is 1.84. The topological polar surface area (TPSA) is 70.1 Å². The molecule has 98 valence electrons. The van der Waals surface area contributed by atoms with Gasteiger partial charge in [0.2, 0.25) is 0 Å². The SMILES string of the molecule is Cn1c(C(N)=O)cc2c1-c1ccncc1OC2(C)C. The van der Waals surface area contributed by atoms with Gasteiger partial charge in [-0.05, 0) is 26.0 Å². The van der Waals surface area contributed by atoms with Crippen LogP contribution in [0.4, 0.5) is 0 Å². The van der Waals surface area contributed by atoms with E-state index in [2.05, 4.69) is 4.98 Å². The van der Waals surface area contributed by atoms with Gasteiger partial charge < -0.3 is 15.0 Å². The van der Waals surface area contributed by atoms with Crippen molar-refractivity contribution in [1.29, 1.82) is 0 Å². The molecule has 1 aliphatic rings. The summed E-state index contributed by atoms with van der Waals surface area (Å²) >= 11 is 0. The highest BCUT2D eigenvalue weighted by molar-refractivity contribution is 5.94. The van der Waals surface area contributed by atoms with Gasteiger partial charge in [0.05, 0.1) is 11.9 Å². The zero-order valence-electron chi connectivity index (χ0n) is 11.1. The number of carbonyl (C=O) groups excluding carboxylic acids is 1. The molecule has 0 saturated carbocycles. The number of aromatic nitrogens is 2. The summed E-state index contributed by atoms with van der Waals surface area (Å²) in [5.41, 5.74) is 8.23. The maximum atomic E-state index is 11.5. The van der Waals surface area contributed by atoms with E-state index in [1.165, 1.54) is 0 Å². The number of amides is 1. The second-order valence-corrected chi connectivity index (χ2v) is 5.20. The monoisotopic (exact) mass is 257 g/mol. The number of fused-ring (bicyclic) bond motifs is 3. The third-order valence-electron chi connectivity index (χ3n) is 3.54. The van der Waals surface area contributed by atoms with E-state index in [0.717, 1.165) is 22.6 Å². The Hall–Kier alpha value is -2.30. The lowest BCUT2D eigenvalue weighted by molar-refractivity contribution is 0.0992. The van der Waals surface area contributed by atoms with E-state index in [-0.39, 0.29) is 0 Å². The molecule has 2 aromatic heterocycles. The zero-order chi connectivity index (χ0) is 13.8. The minimum atomic E-state index is -0.517. The fourth-order valence-corrected chi connectivity index (χ4v) is 2.61. The van der Waals surface area contributed by atoms with Crippen LogP contribution in [-0.4, -0.2) is 15.5 Å². The Morgan fingerprint density at radius 2 is 2.21 bits per heavy atom. The van der Waals surface area contributed by atoms with Gasteiger partial charge in [-0.1, -0.05) is 0 Å². The van der Waals surface area contributed by atoms with Gasteiger partial charge in [-0.25, -0.2) is 0 Å². The maximum Gasteiger partial charge on any atom is 0.265 e. The Balaban J connectivity index is 2.37. The van der Waals surface area contributed by atoms with Crippen LogP contribution in [0.5, 0.6) is 5.75 Å². The molecule has 0 bridgehead atoms. The number of hydrogen-bond donors (Lipinski definition) is 1. The van der Waals surface area contributed by atoms with Gasteiger partial charge in [-0.2, -0.15) is 0 Å². The summed E-state index contributed by atoms with van der Waals surface area (Å²) in [6.07, 6.45) is 3.40. The molecular weight excluding hydrogens is 242 g/mol. The predicted octanol–water partition coefficient (Wildman–Crippen LogP) is 1.81. The van der Waals surface area contributed by atoms with Gasteiger partial charge in [0.1, 0.15) is 17.0 Å². The normalized spacial score (nSPS) is 15.3. The molecule has 0 aromatic carbocycles. The van der Waals surface area contributed by atoms with Gasteiger partial charge in [0.25, 0.3) is 5.91 Å². The number of ether oxygens (including phenoxy) is 1. The van der Waals surface area contributed by atoms with Crippen molar-refractivity contribution >= 4 is 5.91 Å². The molecule has 5 heteroatoms. The molecule has 0 atom stereocenters. The predicted molar refractivity (Wildman–Crippen MR) is 70.8 cm³/mol. The third-order valence-corrected chi connectivity index (χ3v) is 3.54. The largest absolute Gasteiger partial charge is 0.481 e. The number of hydrogen-bond acceptors (Lipinski definition) is 3. The third kappa shape index (κ3) is 1.54. The first-order valence-electron chi connectivity index (χ1n) is 6.05. The van der Waals surface area contributed by atoms with Crippen LogP contribution in [-0.2, 0) is 12.6 Å². The molecule has 0 unspecified atom stereocenters. The van der Waals surface area contributed by atoms with Crippen LogP contribution in [0.3, 0.4) is 0 Å². The van der Waals surface area contributed by atoms with Gasteiger partial charge in [0.15, 0.2) is 0 Å². The fraction of sp³-hybridized carbons (Fsp3) is 0.286. The van der Waals surface area contributed by atoms with Crippen LogP contribution in [0, 0.1) is 0 Å². The first kappa shape index (κ1) is 11.8. The van der Waals surface area contributed by atoms with E-state index >= 15 is 0 Å². The number of primary amides is 1. The molecule has 0 aliphatic carbocycles. The van der Waals surface area contributed by atoms with Crippen LogP contribution in [0.15, 0.2) is 24.5 Å². The molecule has 1 amide bonds. The minimum Gasteiger partial charge on any atom is -0.481 e. The Bertz CT molecular complexity index is 686. The van der Waals surface area contributed by atoms with E-state index in [0.29, 0.717) is 5.69 Å². The van der Waals surface area contributed by atoms with Gasteiger partial charge >= 0.3 is 0 Å². The van der Waals surface area contributed by atoms with Crippen LogP contribution in [0.1, 0.15) is 29.9 Å². The maximum absolute atomic E-state index is 11.5. The van der Waals surface area contributed by atoms with Crippen molar-refractivity contribution in [2.75, 3.05) is 0 Å². The van der Waals surface area contributed by atoms with Crippen molar-refractivity contribution in [3.63, 3.8) is 0 Å². The highest BCUT2D eigenvalue weighted by atomic mass is 16.5.